The van der Waals surface area contributed by atoms with Gasteiger partial charge in [-0.25, -0.2) is 33.1 Å². The van der Waals surface area contributed by atoms with Crippen LogP contribution in [0.25, 0.3) is 0 Å². The van der Waals surface area contributed by atoms with Crippen LogP contribution >= 0.6 is 23.5 Å². The molecule has 6 N–H and O–H groups in total. The van der Waals surface area contributed by atoms with E-state index in [1.54, 1.807) is 96.3 Å². The molecule has 0 saturated heterocycles. The molecule has 0 fully saturated rings. The second-order valence-corrected chi connectivity index (χ2v) is 16.1. The van der Waals surface area contributed by atoms with Crippen molar-refractivity contribution in [3.05, 3.63) is 146 Å². The average molecular weight is 846 g/mol. The predicted molar refractivity (Wildman–Crippen MR) is 237 cm³/mol. The van der Waals surface area contributed by atoms with Crippen LogP contribution in [0, 0.1) is 0 Å². The van der Waals surface area contributed by atoms with Crippen LogP contribution in [0.15, 0.2) is 161 Å². The third-order valence-electron chi connectivity index (χ3n) is 7.97. The van der Waals surface area contributed by atoms with Crippen LogP contribution in [0.1, 0.15) is 0 Å². The number of urea groups is 1. The van der Waals surface area contributed by atoms with Crippen LogP contribution in [0.5, 0.6) is 23.3 Å². The first-order valence-corrected chi connectivity index (χ1v) is 22.0. The lowest BCUT2D eigenvalue weighted by atomic mass is 10.3. The molecule has 300 valence electrons. The number of anilines is 7. The number of benzene rings is 5. The van der Waals surface area contributed by atoms with Gasteiger partial charge in [-0.3, -0.25) is 0 Å². The van der Waals surface area contributed by atoms with Crippen molar-refractivity contribution in [3.63, 3.8) is 0 Å². The number of nitrogen functional groups attached to an aromatic ring is 1. The number of aromatic nitrogens is 4. The normalized spacial score (nSPS) is 10.7. The van der Waals surface area contributed by atoms with Crippen molar-refractivity contribution in [1.29, 1.82) is 0 Å². The summed E-state index contributed by atoms with van der Waals surface area (Å²) in [6.45, 7) is 0. The van der Waals surface area contributed by atoms with E-state index in [2.05, 4.69) is 53.3 Å². The van der Waals surface area contributed by atoms with Crippen LogP contribution in [0.3, 0.4) is 0 Å². The zero-order valence-corrected chi connectivity index (χ0v) is 34.4. The first kappa shape index (κ1) is 41.8. The number of nitrogens with two attached hydrogens (primary N) is 1. The number of nitrogens with zero attached hydrogens (tertiary/aromatic N) is 4. The fraction of sp³-hybridized carbons (Fsp3) is 0.0714. The minimum absolute atomic E-state index is 0.123. The fourth-order valence-electron chi connectivity index (χ4n) is 5.05. The van der Waals surface area contributed by atoms with Crippen molar-refractivity contribution >= 4 is 79.5 Å². The zero-order valence-electron chi connectivity index (χ0n) is 32.0. The van der Waals surface area contributed by atoms with Gasteiger partial charge < -0.3 is 36.5 Å². The van der Waals surface area contributed by atoms with Gasteiger partial charge in [-0.2, -0.15) is 0 Å². The van der Waals surface area contributed by atoms with Crippen molar-refractivity contribution in [1.82, 2.24) is 19.9 Å². The number of hydrogen-bond donors (Lipinski definition) is 5. The third kappa shape index (κ3) is 13.1. The summed E-state index contributed by atoms with van der Waals surface area (Å²) in [5, 5.41) is 11.8. The van der Waals surface area contributed by atoms with E-state index in [1.165, 1.54) is 34.6 Å². The summed E-state index contributed by atoms with van der Waals surface area (Å²) in [6.07, 6.45) is 8.06. The van der Waals surface area contributed by atoms with Crippen molar-refractivity contribution in [2.45, 2.75) is 14.7 Å². The van der Waals surface area contributed by atoms with Gasteiger partial charge in [-0.1, -0.05) is 6.07 Å². The molecule has 2 aromatic heterocycles. The van der Waals surface area contributed by atoms with Crippen LogP contribution in [-0.4, -0.2) is 53.2 Å². The molecule has 5 aromatic carbocycles. The van der Waals surface area contributed by atoms with E-state index in [9.17, 15) is 13.2 Å². The second-order valence-electron chi connectivity index (χ2n) is 12.4. The lowest BCUT2D eigenvalue weighted by Gasteiger charge is -2.10. The van der Waals surface area contributed by atoms with E-state index in [0.29, 0.717) is 52.0 Å². The predicted octanol–water partition coefficient (Wildman–Crippen LogP) is 10.1. The highest BCUT2D eigenvalue weighted by atomic mass is 32.2. The molecular weight excluding hydrogens is 807 g/mol. The highest BCUT2D eigenvalue weighted by molar-refractivity contribution is 7.98. The number of nitrogens with one attached hydrogen (secondary N) is 4. The largest absolute Gasteiger partial charge is 0.439 e. The maximum Gasteiger partial charge on any atom is 0.323 e. The summed E-state index contributed by atoms with van der Waals surface area (Å²) in [7, 11) is -3.37. The molecule has 0 atom stereocenters. The van der Waals surface area contributed by atoms with Gasteiger partial charge in [-0.15, -0.1) is 23.5 Å². The summed E-state index contributed by atoms with van der Waals surface area (Å²) >= 11 is 3.38. The van der Waals surface area contributed by atoms with E-state index in [1.807, 2.05) is 48.9 Å². The number of carbonyl (C=O) groups excluding carboxylic acids is 1. The third-order valence-corrected chi connectivity index (χ3v) is 10.6. The molecule has 0 unspecified atom stereocenters. The van der Waals surface area contributed by atoms with Crippen LogP contribution in [0.4, 0.5) is 44.9 Å². The summed E-state index contributed by atoms with van der Waals surface area (Å²) in [5.41, 5.74) is 9.09. The number of rotatable bonds is 13. The number of ether oxygens (including phenoxy) is 2. The molecule has 0 radical (unpaired) electrons. The molecule has 0 aliphatic rings. The Morgan fingerprint density at radius 1 is 0.576 bits per heavy atom. The Kier molecular flexibility index (Phi) is 14.2. The molecule has 0 aliphatic carbocycles. The number of hydrogen-bond acceptors (Lipinski definition) is 14. The molecule has 2 heterocycles. The summed E-state index contributed by atoms with van der Waals surface area (Å²) in [5.74, 6) is 3.28. The van der Waals surface area contributed by atoms with Crippen LogP contribution in [0.2, 0.25) is 0 Å². The topological polar surface area (TPSA) is 195 Å². The van der Waals surface area contributed by atoms with Crippen LogP contribution < -0.4 is 36.5 Å². The molecule has 7 aromatic rings. The molecule has 0 bridgehead atoms. The van der Waals surface area contributed by atoms with Crippen molar-refractivity contribution < 1.29 is 22.7 Å². The SMILES string of the molecule is CSc1ccc(Nc2cc(Oc3ccc(N)cc3)ncn2)cc1.CSc1ccc(Nc2cc(Oc3ccc(NC(=O)Nc4cccc(S(C)(=O)=O)c4)cc3)ncn2)cc1. The monoisotopic (exact) mass is 845 g/mol. The van der Waals surface area contributed by atoms with Gasteiger partial charge >= 0.3 is 6.03 Å². The number of sulfone groups is 1. The summed E-state index contributed by atoms with van der Waals surface area (Å²) in [6, 6.07) is 39.0. The summed E-state index contributed by atoms with van der Waals surface area (Å²) in [4.78, 5) is 31.5. The Bertz CT molecular complexity index is 2580. The molecule has 0 spiro atoms. The number of thioether (sulfide) groups is 2. The molecule has 0 aliphatic heterocycles. The highest BCUT2D eigenvalue weighted by Crippen LogP contribution is 2.27. The minimum atomic E-state index is -3.37. The van der Waals surface area contributed by atoms with Crippen molar-refractivity contribution in [2.75, 3.05) is 45.8 Å². The highest BCUT2D eigenvalue weighted by Gasteiger charge is 2.10. The fourth-order valence-corrected chi connectivity index (χ4v) is 6.54. The van der Waals surface area contributed by atoms with Gasteiger partial charge in [0.05, 0.1) is 4.90 Å². The van der Waals surface area contributed by atoms with E-state index in [0.717, 1.165) is 17.6 Å². The Morgan fingerprint density at radius 2 is 1.03 bits per heavy atom. The molecular formula is C42H39N9O5S3. The Balaban J connectivity index is 0.000000219. The standard InChI is InChI=1S/C25H23N5O4S2.C17H16N4OS/c1-35-21-12-8-17(9-13-21)28-23-15-24(27-16-26-23)34-20-10-6-18(7-11-20)29-25(31)30-19-4-3-5-22(14-19)36(2,32)33;1-23-15-8-4-13(5-9-15)21-16-10-17(20-11-19-16)22-14-6-2-12(18)3-7-14/h3-16H,1-2H3,(H,26,27,28)(H2,29,30,31);2-11H,18H2,1H3,(H,19,20,21). The first-order chi connectivity index (χ1) is 28.5. The number of carbonyl (C=O) groups is 1. The molecule has 7 rings (SSSR count). The molecule has 17 heteroatoms. The maximum atomic E-state index is 12.3. The van der Waals surface area contributed by atoms with E-state index < -0.39 is 15.9 Å². The first-order valence-electron chi connectivity index (χ1n) is 17.7. The van der Waals surface area contributed by atoms with Crippen molar-refractivity contribution in [3.8, 4) is 23.3 Å². The molecule has 2 amide bonds. The van der Waals surface area contributed by atoms with E-state index in [-0.39, 0.29) is 4.90 Å². The molecule has 59 heavy (non-hydrogen) atoms. The Hall–Kier alpha value is -6.82. The van der Waals surface area contributed by atoms with Gasteiger partial charge in [0.1, 0.15) is 35.8 Å². The minimum Gasteiger partial charge on any atom is -0.439 e. The Morgan fingerprint density at radius 3 is 1.51 bits per heavy atom. The quantitative estimate of drug-likeness (QED) is 0.0543. The van der Waals surface area contributed by atoms with E-state index >= 15 is 0 Å². The maximum absolute atomic E-state index is 12.3. The molecule has 14 nitrogen and oxygen atoms in total. The summed E-state index contributed by atoms with van der Waals surface area (Å²) < 4.78 is 34.9. The smallest absolute Gasteiger partial charge is 0.323 e. The number of amides is 2. The van der Waals surface area contributed by atoms with Crippen molar-refractivity contribution in [2.24, 2.45) is 0 Å². The molecule has 0 saturated carbocycles. The Labute approximate surface area is 350 Å². The lowest BCUT2D eigenvalue weighted by Crippen LogP contribution is -2.19. The van der Waals surface area contributed by atoms with Crippen LogP contribution in [-0.2, 0) is 9.84 Å². The van der Waals surface area contributed by atoms with Gasteiger partial charge in [0.25, 0.3) is 0 Å². The van der Waals surface area contributed by atoms with E-state index in [4.69, 9.17) is 15.2 Å². The zero-order chi connectivity index (χ0) is 41.6. The van der Waals surface area contributed by atoms with Gasteiger partial charge in [0, 0.05) is 56.6 Å². The lowest BCUT2D eigenvalue weighted by molar-refractivity contribution is 0.262. The van der Waals surface area contributed by atoms with Gasteiger partial charge in [-0.05, 0) is 128 Å². The van der Waals surface area contributed by atoms with Gasteiger partial charge in [0.15, 0.2) is 9.84 Å². The van der Waals surface area contributed by atoms with Gasteiger partial charge in [0.2, 0.25) is 11.8 Å². The second kappa shape index (κ2) is 20.0. The average Bonchev–Trinajstić information content (AvgIpc) is 3.23.